The number of aryl methyl sites for hydroxylation is 1. The summed E-state index contributed by atoms with van der Waals surface area (Å²) in [6, 6.07) is 31.8. The van der Waals surface area contributed by atoms with E-state index in [0.717, 1.165) is 16.7 Å². The van der Waals surface area contributed by atoms with Gasteiger partial charge in [-0.25, -0.2) is 8.42 Å². The van der Waals surface area contributed by atoms with E-state index in [4.69, 9.17) is 4.74 Å². The molecule has 0 bridgehead atoms. The van der Waals surface area contributed by atoms with Crippen molar-refractivity contribution in [3.05, 3.63) is 116 Å². The summed E-state index contributed by atoms with van der Waals surface area (Å²) in [5.74, 6) is 1.26. The minimum absolute atomic E-state index is 0. The van der Waals surface area contributed by atoms with Gasteiger partial charge in [-0.05, 0) is 61.0 Å². The molecule has 0 saturated carbocycles. The molecule has 4 aromatic carbocycles. The normalized spacial score (nSPS) is 10.5. The molecule has 0 N–H and O–H groups in total. The second-order valence-corrected chi connectivity index (χ2v) is 8.65. The van der Waals surface area contributed by atoms with Crippen LogP contribution in [0.4, 0.5) is 0 Å². The molecule has 0 spiro atoms. The average Bonchev–Trinajstić information content (AvgIpc) is 2.76. The molecule has 31 heavy (non-hydrogen) atoms. The first kappa shape index (κ1) is 24.6. The maximum atomic E-state index is 12.7. The van der Waals surface area contributed by atoms with Gasteiger partial charge in [0.15, 0.2) is 0 Å². The molecule has 0 fully saturated rings. The zero-order valence-corrected chi connectivity index (χ0v) is 21.0. The second-order valence-electron chi connectivity index (χ2n) is 6.70. The zero-order chi connectivity index (χ0) is 20.3. The van der Waals surface area contributed by atoms with Gasteiger partial charge >= 0.3 is 21.1 Å². The van der Waals surface area contributed by atoms with Gasteiger partial charge in [-0.3, -0.25) is 0 Å². The van der Waals surface area contributed by atoms with E-state index in [1.54, 1.807) is 48.5 Å². The molecule has 4 aromatic rings. The summed E-state index contributed by atoms with van der Waals surface area (Å²) in [7, 11) is -3.54. The van der Waals surface area contributed by atoms with Gasteiger partial charge in [0.1, 0.15) is 11.5 Å². The molecule has 156 valence electrons. The molecule has 0 radical (unpaired) electrons. The number of hydrogen-bond acceptors (Lipinski definition) is 3. The molecular weight excluding hydrogens is 576 g/mol. The first-order valence-electron chi connectivity index (χ1n) is 9.19. The molecule has 0 saturated heterocycles. The quantitative estimate of drug-likeness (QED) is 0.246. The summed E-state index contributed by atoms with van der Waals surface area (Å²) in [5, 5.41) is 0. The molecule has 5 heteroatoms. The largest absolute Gasteiger partial charge is 2.00 e. The van der Waals surface area contributed by atoms with Crippen LogP contribution >= 0.6 is 0 Å². The van der Waals surface area contributed by atoms with Crippen molar-refractivity contribution in [3.63, 3.8) is 0 Å². The number of benzene rings is 4. The van der Waals surface area contributed by atoms with Gasteiger partial charge in [0.2, 0.25) is 9.84 Å². The Balaban J connectivity index is 0.00000171. The van der Waals surface area contributed by atoms with Crippen LogP contribution in [-0.4, -0.2) is 8.42 Å². The molecular formula is C26H22O3SW. The van der Waals surface area contributed by atoms with Crippen LogP contribution < -0.4 is 4.74 Å². The number of hydrogen-bond donors (Lipinski definition) is 0. The van der Waals surface area contributed by atoms with E-state index in [9.17, 15) is 8.42 Å². The Morgan fingerprint density at radius 2 is 1.06 bits per heavy atom. The van der Waals surface area contributed by atoms with Gasteiger partial charge in [0, 0.05) is 0 Å². The van der Waals surface area contributed by atoms with E-state index in [1.807, 2.05) is 55.5 Å². The molecule has 3 nitrogen and oxygen atoms in total. The Morgan fingerprint density at radius 1 is 0.645 bits per heavy atom. The van der Waals surface area contributed by atoms with Crippen molar-refractivity contribution in [2.75, 3.05) is 0 Å². The summed E-state index contributed by atoms with van der Waals surface area (Å²) in [4.78, 5) is 0.524. The van der Waals surface area contributed by atoms with Crippen LogP contribution in [0.3, 0.4) is 0 Å². The summed E-state index contributed by atoms with van der Waals surface area (Å²) in [6.45, 7) is 1.92. The summed E-state index contributed by atoms with van der Waals surface area (Å²) >= 11 is 0. The van der Waals surface area contributed by atoms with Crippen molar-refractivity contribution in [2.45, 2.75) is 16.7 Å². The van der Waals surface area contributed by atoms with Crippen molar-refractivity contribution < 1.29 is 34.2 Å². The molecule has 0 unspecified atom stereocenters. The van der Waals surface area contributed by atoms with Crippen molar-refractivity contribution in [2.24, 2.45) is 0 Å². The molecule has 0 aliphatic heterocycles. The minimum Gasteiger partial charge on any atom is -0.457 e. The molecule has 0 heterocycles. The monoisotopic (exact) mass is 598 g/mol. The van der Waals surface area contributed by atoms with Crippen LogP contribution in [0.5, 0.6) is 11.5 Å². The van der Waals surface area contributed by atoms with Crippen molar-refractivity contribution in [1.82, 2.24) is 0 Å². The predicted molar refractivity (Wildman–Crippen MR) is 120 cm³/mol. The third kappa shape index (κ3) is 5.72. The van der Waals surface area contributed by atoms with Crippen LogP contribution in [0.15, 0.2) is 107 Å². The first-order valence-corrected chi connectivity index (χ1v) is 10.7. The summed E-state index contributed by atoms with van der Waals surface area (Å²) in [5.41, 5.74) is 3.22. The van der Waals surface area contributed by atoms with Crippen LogP contribution in [0.25, 0.3) is 11.1 Å². The Kier molecular flexibility index (Phi) is 8.38. The molecule has 0 aliphatic carbocycles. The van der Waals surface area contributed by atoms with Crippen LogP contribution in [-0.2, 0) is 30.9 Å². The van der Waals surface area contributed by atoms with Gasteiger partial charge in [0.25, 0.3) is 0 Å². The van der Waals surface area contributed by atoms with Gasteiger partial charge in [-0.2, -0.15) is 30.3 Å². The summed E-state index contributed by atoms with van der Waals surface area (Å²) in [6.07, 6.45) is 0. The Morgan fingerprint density at radius 3 is 1.58 bits per heavy atom. The molecule has 0 aromatic heterocycles. The summed E-state index contributed by atoms with van der Waals surface area (Å²) < 4.78 is 31.3. The topological polar surface area (TPSA) is 43.4 Å². The predicted octanol–water partition coefficient (Wildman–Crippen LogP) is 6.54. The maximum Gasteiger partial charge on any atom is 2.00 e. The molecule has 4 rings (SSSR count). The fourth-order valence-electron chi connectivity index (χ4n) is 2.97. The third-order valence-electron chi connectivity index (χ3n) is 4.61. The third-order valence-corrected chi connectivity index (χ3v) is 6.39. The van der Waals surface area contributed by atoms with Crippen LogP contribution in [0.2, 0.25) is 0 Å². The van der Waals surface area contributed by atoms with E-state index >= 15 is 0 Å². The van der Waals surface area contributed by atoms with E-state index in [0.29, 0.717) is 11.5 Å². The fraction of sp³-hybridized carbons (Fsp3) is 0.0385. The van der Waals surface area contributed by atoms with Gasteiger partial charge < -0.3 is 12.2 Å². The van der Waals surface area contributed by atoms with E-state index in [-0.39, 0.29) is 38.3 Å². The number of rotatable bonds is 5. The standard InChI is InChI=1S/C25H19O3S.CH3.W/c1-19-7-15-24(16-8-19)29(26,27)25-17-13-23(14-18-25)28-22-11-9-21(10-12-22)20-5-3-2-4-6-20;;/h3-18H,1H3;1H3;/q2*-1;+2. The zero-order valence-electron chi connectivity index (χ0n) is 17.3. The van der Waals surface area contributed by atoms with E-state index < -0.39 is 9.84 Å². The number of ether oxygens (including phenoxy) is 1. The SMILES string of the molecule is Cc1ccc(S(=O)(=O)c2ccc(Oc3ccc(-c4cc[c-]cc4)cc3)cc2)cc1.[CH3-].[W+2]. The van der Waals surface area contributed by atoms with E-state index in [1.165, 1.54) is 0 Å². The number of sulfone groups is 1. The first-order chi connectivity index (χ1) is 14.0. The minimum atomic E-state index is -3.54. The average molecular weight is 598 g/mol. The van der Waals surface area contributed by atoms with Crippen LogP contribution in [0.1, 0.15) is 5.56 Å². The van der Waals surface area contributed by atoms with Gasteiger partial charge in [-0.15, -0.1) is 5.56 Å². The van der Waals surface area contributed by atoms with Crippen molar-refractivity contribution in [1.29, 1.82) is 0 Å². The smallest absolute Gasteiger partial charge is 0.457 e. The van der Waals surface area contributed by atoms with E-state index in [2.05, 4.69) is 6.07 Å². The van der Waals surface area contributed by atoms with Crippen molar-refractivity contribution in [3.8, 4) is 22.6 Å². The second kappa shape index (κ2) is 10.6. The molecule has 0 aliphatic rings. The van der Waals surface area contributed by atoms with Gasteiger partial charge in [0.05, 0.1) is 9.79 Å². The van der Waals surface area contributed by atoms with Gasteiger partial charge in [-0.1, -0.05) is 29.8 Å². The van der Waals surface area contributed by atoms with Crippen LogP contribution in [0, 0.1) is 20.4 Å². The molecule has 0 atom stereocenters. The molecule has 0 amide bonds. The maximum absolute atomic E-state index is 12.7. The Labute approximate surface area is 198 Å². The fourth-order valence-corrected chi connectivity index (χ4v) is 4.23. The Bertz CT molecular complexity index is 1200. The van der Waals surface area contributed by atoms with Crippen molar-refractivity contribution >= 4 is 9.84 Å². The Hall–Kier alpha value is -2.68.